The van der Waals surface area contributed by atoms with E-state index in [4.69, 9.17) is 0 Å². The summed E-state index contributed by atoms with van der Waals surface area (Å²) in [7, 11) is 0. The maximum atomic E-state index is 2.38. The lowest BCUT2D eigenvalue weighted by Crippen LogP contribution is -2.51. The van der Waals surface area contributed by atoms with Crippen molar-refractivity contribution in [3.63, 3.8) is 0 Å². The average molecular weight is 313 g/mol. The minimum Gasteiger partial charge on any atom is -0.291 e. The Bertz CT molecular complexity index is 576. The third-order valence-electron chi connectivity index (χ3n) is 5.02. The topological polar surface area (TPSA) is 0 Å². The molecule has 2 aromatic carbocycles. The Kier molecular flexibility index (Phi) is 7.11. The summed E-state index contributed by atoms with van der Waals surface area (Å²) < 4.78 is 1.16. The van der Waals surface area contributed by atoms with Crippen molar-refractivity contribution in [2.45, 2.75) is 59.3 Å². The van der Waals surface area contributed by atoms with E-state index in [9.17, 15) is 0 Å². The largest absolute Gasteiger partial charge is 0.291 e. The molecule has 0 radical (unpaired) electrons. The summed E-state index contributed by atoms with van der Waals surface area (Å²) >= 11 is 0. The molecule has 0 fully saturated rings. The Morgan fingerprint density at radius 3 is 2.04 bits per heavy atom. The minimum atomic E-state index is 1.16. The molecule has 126 valence electrons. The summed E-state index contributed by atoms with van der Waals surface area (Å²) in [4.78, 5) is 0. The van der Waals surface area contributed by atoms with Crippen LogP contribution in [0, 0.1) is 0 Å². The van der Waals surface area contributed by atoms with Crippen LogP contribution in [0.25, 0.3) is 10.8 Å². The number of nitrogens with zero attached hydrogens (tertiary/aromatic N) is 1. The first-order chi connectivity index (χ1) is 11.3. The van der Waals surface area contributed by atoms with Crippen LogP contribution in [0.5, 0.6) is 0 Å². The molecule has 0 spiro atoms. The van der Waals surface area contributed by atoms with Crippen LogP contribution in [0.3, 0.4) is 0 Å². The number of unbranched alkanes of at least 4 members (excludes halogenated alkanes) is 3. The molecule has 0 saturated carbocycles. The number of hydrogen-bond acceptors (Lipinski definition) is 0. The van der Waals surface area contributed by atoms with Gasteiger partial charge in [-0.2, -0.15) is 0 Å². The van der Waals surface area contributed by atoms with Gasteiger partial charge in [0, 0.05) is 5.39 Å². The van der Waals surface area contributed by atoms with Crippen molar-refractivity contribution >= 4 is 16.5 Å². The van der Waals surface area contributed by atoms with E-state index in [1.54, 1.807) is 5.69 Å². The molecule has 0 aromatic heterocycles. The van der Waals surface area contributed by atoms with Gasteiger partial charge in [0.15, 0.2) is 0 Å². The normalized spacial score (nSPS) is 12.0. The first kappa shape index (κ1) is 18.0. The molecule has 2 aromatic rings. The summed E-state index contributed by atoms with van der Waals surface area (Å²) in [5, 5.41) is 2.83. The smallest absolute Gasteiger partial charge is 0.140 e. The van der Waals surface area contributed by atoms with E-state index in [-0.39, 0.29) is 0 Å². The van der Waals surface area contributed by atoms with Gasteiger partial charge in [0.1, 0.15) is 5.69 Å². The Morgan fingerprint density at radius 1 is 0.652 bits per heavy atom. The van der Waals surface area contributed by atoms with Gasteiger partial charge in [0.05, 0.1) is 19.6 Å². The van der Waals surface area contributed by atoms with Crippen LogP contribution in [-0.4, -0.2) is 19.6 Å². The number of quaternary nitrogens is 1. The fraction of sp³-hybridized carbons (Fsp3) is 0.545. The second kappa shape index (κ2) is 9.08. The second-order valence-corrected chi connectivity index (χ2v) is 6.87. The average Bonchev–Trinajstić information content (AvgIpc) is 2.58. The van der Waals surface area contributed by atoms with Gasteiger partial charge in [0.2, 0.25) is 0 Å². The van der Waals surface area contributed by atoms with E-state index in [2.05, 4.69) is 63.2 Å². The molecule has 0 aliphatic heterocycles. The molecule has 1 nitrogen and oxygen atoms in total. The molecular weight excluding hydrogens is 278 g/mol. The van der Waals surface area contributed by atoms with Crippen LogP contribution in [0.15, 0.2) is 42.5 Å². The van der Waals surface area contributed by atoms with Gasteiger partial charge in [-0.15, -0.1) is 0 Å². The van der Waals surface area contributed by atoms with Crippen molar-refractivity contribution in [1.82, 2.24) is 4.48 Å². The molecule has 0 heterocycles. The zero-order valence-corrected chi connectivity index (χ0v) is 15.4. The van der Waals surface area contributed by atoms with Crippen molar-refractivity contribution in [3.05, 3.63) is 42.5 Å². The zero-order chi connectivity index (χ0) is 16.5. The molecule has 23 heavy (non-hydrogen) atoms. The zero-order valence-electron chi connectivity index (χ0n) is 15.4. The Balaban J connectivity index is 2.40. The van der Waals surface area contributed by atoms with E-state index in [0.717, 1.165) is 4.48 Å². The lowest BCUT2D eigenvalue weighted by Gasteiger charge is -2.39. The molecule has 0 N–H and O–H groups in total. The lowest BCUT2D eigenvalue weighted by molar-refractivity contribution is 0.268. The van der Waals surface area contributed by atoms with Gasteiger partial charge in [-0.05, 0) is 43.2 Å². The first-order valence-electron chi connectivity index (χ1n) is 9.61. The number of fused-ring (bicyclic) bond motifs is 1. The summed E-state index contributed by atoms with van der Waals surface area (Å²) in [5.41, 5.74) is 1.54. The van der Waals surface area contributed by atoms with Crippen LogP contribution in [-0.2, 0) is 0 Å². The molecule has 0 amide bonds. The number of rotatable bonds is 10. The van der Waals surface area contributed by atoms with E-state index >= 15 is 0 Å². The highest BCUT2D eigenvalue weighted by Gasteiger charge is 2.29. The lowest BCUT2D eigenvalue weighted by atomic mass is 10.0. The highest BCUT2D eigenvalue weighted by atomic mass is 15.4. The number of benzene rings is 2. The molecule has 2 rings (SSSR count). The molecule has 0 atom stereocenters. The molecule has 1 heteroatoms. The van der Waals surface area contributed by atoms with E-state index in [1.165, 1.54) is 68.9 Å². The summed E-state index contributed by atoms with van der Waals surface area (Å²) in [6, 6.07) is 15.8. The van der Waals surface area contributed by atoms with Crippen LogP contribution >= 0.6 is 0 Å². The highest BCUT2D eigenvalue weighted by molar-refractivity contribution is 5.93. The highest BCUT2D eigenvalue weighted by Crippen LogP contribution is 2.33. The monoisotopic (exact) mass is 312 g/mol. The quantitative estimate of drug-likeness (QED) is 0.345. The van der Waals surface area contributed by atoms with Crippen LogP contribution in [0.2, 0.25) is 0 Å². The molecular formula is C22H34N+. The fourth-order valence-electron chi connectivity index (χ4n) is 4.02. The summed E-state index contributed by atoms with van der Waals surface area (Å²) in [6.07, 6.45) is 7.89. The van der Waals surface area contributed by atoms with Gasteiger partial charge in [0.25, 0.3) is 0 Å². The van der Waals surface area contributed by atoms with Gasteiger partial charge >= 0.3 is 0 Å². The van der Waals surface area contributed by atoms with E-state index in [1.807, 2.05) is 0 Å². The number of hydrogen-bond donors (Lipinski definition) is 0. The molecule has 0 saturated heterocycles. The first-order valence-corrected chi connectivity index (χ1v) is 9.61. The maximum Gasteiger partial charge on any atom is 0.140 e. The van der Waals surface area contributed by atoms with E-state index < -0.39 is 0 Å². The molecule has 0 aliphatic carbocycles. The minimum absolute atomic E-state index is 1.16. The predicted octanol–water partition coefficient (Wildman–Crippen LogP) is 6.55. The van der Waals surface area contributed by atoms with Gasteiger partial charge in [-0.25, -0.2) is 0 Å². The Labute approximate surface area is 142 Å². The SMILES string of the molecule is CCCCCC[N+](CCC)(CCC)c1cccc2ccccc12. The Morgan fingerprint density at radius 2 is 1.35 bits per heavy atom. The summed E-state index contributed by atoms with van der Waals surface area (Å²) in [6.45, 7) is 10.8. The van der Waals surface area contributed by atoms with Crippen molar-refractivity contribution in [2.75, 3.05) is 19.6 Å². The van der Waals surface area contributed by atoms with E-state index in [0.29, 0.717) is 0 Å². The van der Waals surface area contributed by atoms with Gasteiger partial charge in [-0.3, -0.25) is 4.48 Å². The van der Waals surface area contributed by atoms with Gasteiger partial charge < -0.3 is 0 Å². The van der Waals surface area contributed by atoms with Crippen LogP contribution in [0.1, 0.15) is 59.3 Å². The van der Waals surface area contributed by atoms with Gasteiger partial charge in [-0.1, -0.05) is 63.9 Å². The van der Waals surface area contributed by atoms with Crippen molar-refractivity contribution in [3.8, 4) is 0 Å². The summed E-state index contributed by atoms with van der Waals surface area (Å²) in [5.74, 6) is 0. The second-order valence-electron chi connectivity index (χ2n) is 6.87. The van der Waals surface area contributed by atoms with Crippen LogP contribution < -0.4 is 4.48 Å². The molecule has 0 unspecified atom stereocenters. The fourth-order valence-corrected chi connectivity index (χ4v) is 4.02. The maximum absolute atomic E-state index is 2.38. The Hall–Kier alpha value is -1.34. The standard InChI is InChI=1S/C22H34N/c1-4-7-8-11-19-23(17-5-2,18-6-3)22-16-12-14-20-13-9-10-15-21(20)22/h9-10,12-16H,4-8,11,17-19H2,1-3H3/q+1. The van der Waals surface area contributed by atoms with Crippen molar-refractivity contribution in [1.29, 1.82) is 0 Å². The van der Waals surface area contributed by atoms with Crippen LogP contribution in [0.4, 0.5) is 5.69 Å². The van der Waals surface area contributed by atoms with Crippen molar-refractivity contribution in [2.24, 2.45) is 0 Å². The molecule has 0 aliphatic rings. The predicted molar refractivity (Wildman–Crippen MR) is 105 cm³/mol. The molecule has 0 bridgehead atoms. The third kappa shape index (κ3) is 4.35. The van der Waals surface area contributed by atoms with Crippen molar-refractivity contribution < 1.29 is 0 Å². The third-order valence-corrected chi connectivity index (χ3v) is 5.02.